The van der Waals surface area contributed by atoms with Crippen LogP contribution in [0.15, 0.2) is 30.6 Å². The average Bonchev–Trinajstić information content (AvgIpc) is 3.38. The van der Waals surface area contributed by atoms with Crippen LogP contribution in [0, 0.1) is 10.7 Å². The molecule has 1 N–H and O–H groups in total. The molecule has 1 aliphatic rings. The molecule has 3 rings (SSSR count). The molecule has 178 valence electrons. The highest BCUT2D eigenvalue weighted by molar-refractivity contribution is 8.09. The van der Waals surface area contributed by atoms with E-state index in [-0.39, 0.29) is 13.0 Å². The lowest BCUT2D eigenvalue weighted by Gasteiger charge is -2.33. The Morgan fingerprint density at radius 3 is 2.59 bits per heavy atom. The van der Waals surface area contributed by atoms with Gasteiger partial charge in [0.05, 0.1) is 24.6 Å². The molecule has 1 aliphatic carbocycles. The van der Waals surface area contributed by atoms with Crippen molar-refractivity contribution in [2.75, 3.05) is 13.2 Å². The van der Waals surface area contributed by atoms with Crippen molar-refractivity contribution in [3.05, 3.63) is 45.9 Å². The first kappa shape index (κ1) is 26.3. The highest BCUT2D eigenvalue weighted by atomic mass is 35.5. The zero-order chi connectivity index (χ0) is 23.6. The molecule has 32 heavy (non-hydrogen) atoms. The Kier molecular flexibility index (Phi) is 8.65. The molecule has 0 bridgehead atoms. The Hall–Kier alpha value is -0.310. The second-order valence-corrected chi connectivity index (χ2v) is 13.3. The van der Waals surface area contributed by atoms with Crippen LogP contribution in [0.2, 0.25) is 5.02 Å². The molecule has 1 aromatic heterocycles. The summed E-state index contributed by atoms with van der Waals surface area (Å²) >= 11 is 24.6. The number of alkyl halides is 1. The molecule has 1 heterocycles. The molecule has 2 atom stereocenters. The smallest absolute Gasteiger partial charge is 0.297 e. The second kappa shape index (κ2) is 10.5. The molecule has 11 heteroatoms. The van der Waals surface area contributed by atoms with Crippen molar-refractivity contribution >= 4 is 53.9 Å². The van der Waals surface area contributed by atoms with Crippen LogP contribution >= 0.6 is 42.1 Å². The maximum atomic E-state index is 11.7. The Labute approximate surface area is 210 Å². The second-order valence-electron chi connectivity index (χ2n) is 8.58. The highest BCUT2D eigenvalue weighted by Crippen LogP contribution is 2.54. The van der Waals surface area contributed by atoms with Crippen LogP contribution in [0.5, 0.6) is 0 Å². The number of aromatic nitrogens is 3. The fourth-order valence-corrected chi connectivity index (χ4v) is 6.90. The van der Waals surface area contributed by atoms with Gasteiger partial charge < -0.3 is 14.2 Å². The van der Waals surface area contributed by atoms with Crippen molar-refractivity contribution in [2.24, 2.45) is 5.92 Å². The predicted octanol–water partition coefficient (Wildman–Crippen LogP) is 5.98. The van der Waals surface area contributed by atoms with Crippen LogP contribution in [0.1, 0.15) is 45.6 Å². The highest BCUT2D eigenvalue weighted by Gasteiger charge is 2.58. The molecule has 1 fully saturated rings. The number of halogens is 2. The SMILES string of the molecule is CCOP(=S)(OCCC(C)C)n1cnn(CC(O)(Cc2ccccc2Cl)C2(Cl)CC2)c1=S. The van der Waals surface area contributed by atoms with E-state index in [1.165, 1.54) is 6.33 Å². The van der Waals surface area contributed by atoms with Gasteiger partial charge >= 0.3 is 0 Å². The van der Waals surface area contributed by atoms with Gasteiger partial charge in [-0.1, -0.05) is 43.6 Å². The van der Waals surface area contributed by atoms with E-state index in [4.69, 9.17) is 56.3 Å². The van der Waals surface area contributed by atoms with E-state index >= 15 is 0 Å². The van der Waals surface area contributed by atoms with E-state index in [1.807, 2.05) is 25.1 Å². The monoisotopic (exact) mass is 537 g/mol. The van der Waals surface area contributed by atoms with Crippen molar-refractivity contribution in [1.82, 2.24) is 14.1 Å². The lowest BCUT2D eigenvalue weighted by atomic mass is 9.89. The Bertz CT molecular complexity index is 1040. The summed E-state index contributed by atoms with van der Waals surface area (Å²) in [5.74, 6) is 0.481. The summed E-state index contributed by atoms with van der Waals surface area (Å²) in [4.78, 5) is -0.751. The number of benzene rings is 1. The standard InChI is InChI=1S/C21H30Cl2N3O3PS2/c1-4-28-30(32,29-12-9-16(2)3)26-15-24-25(19(26)31)14-21(27,20(23)10-11-20)13-17-7-5-6-8-18(17)22/h5-8,15-16,27H,4,9-14H2,1-3H3. The van der Waals surface area contributed by atoms with E-state index in [2.05, 4.69) is 18.9 Å². The van der Waals surface area contributed by atoms with E-state index in [1.54, 1.807) is 15.1 Å². The van der Waals surface area contributed by atoms with Crippen LogP contribution in [0.25, 0.3) is 0 Å². The number of aliphatic hydroxyl groups is 1. The first-order chi connectivity index (χ1) is 15.0. The van der Waals surface area contributed by atoms with Gasteiger partial charge in [-0.3, -0.25) is 0 Å². The first-order valence-electron chi connectivity index (χ1n) is 10.7. The van der Waals surface area contributed by atoms with Crippen molar-refractivity contribution in [1.29, 1.82) is 0 Å². The lowest BCUT2D eigenvalue weighted by molar-refractivity contribution is 0.00722. The van der Waals surface area contributed by atoms with E-state index in [0.29, 0.717) is 41.8 Å². The molecule has 0 radical (unpaired) electrons. The predicted molar refractivity (Wildman–Crippen MR) is 136 cm³/mol. The lowest BCUT2D eigenvalue weighted by Crippen LogP contribution is -2.47. The minimum absolute atomic E-state index is 0.112. The Morgan fingerprint density at radius 2 is 2.00 bits per heavy atom. The third-order valence-corrected chi connectivity index (χ3v) is 10.3. The van der Waals surface area contributed by atoms with Crippen LogP contribution in [0.4, 0.5) is 0 Å². The summed E-state index contributed by atoms with van der Waals surface area (Å²) in [6.07, 6.45) is 4.10. The quantitative estimate of drug-likeness (QED) is 0.204. The number of hydrogen-bond donors (Lipinski definition) is 1. The van der Waals surface area contributed by atoms with Gasteiger partial charge in [0.25, 0.3) is 6.64 Å². The summed E-state index contributed by atoms with van der Waals surface area (Å²) in [6, 6.07) is 7.45. The fraction of sp³-hybridized carbons (Fsp3) is 0.619. The largest absolute Gasteiger partial charge is 0.386 e. The molecule has 2 unspecified atom stereocenters. The molecule has 6 nitrogen and oxygen atoms in total. The maximum Gasteiger partial charge on any atom is 0.297 e. The molecule has 0 amide bonds. The summed E-state index contributed by atoms with van der Waals surface area (Å²) in [5.41, 5.74) is -0.463. The third-order valence-electron chi connectivity index (χ3n) is 5.60. The number of hydrogen-bond acceptors (Lipinski definition) is 6. The topological polar surface area (TPSA) is 61.4 Å². The van der Waals surface area contributed by atoms with Gasteiger partial charge in [-0.25, -0.2) is 9.02 Å². The first-order valence-corrected chi connectivity index (χ1v) is 14.5. The molecule has 2 aromatic rings. The summed E-state index contributed by atoms with van der Waals surface area (Å²) in [6.45, 7) is 4.21. The van der Waals surface area contributed by atoms with E-state index < -0.39 is 17.1 Å². The number of nitrogens with zero attached hydrogens (tertiary/aromatic N) is 3. The average molecular weight is 539 g/mol. The van der Waals surface area contributed by atoms with Gasteiger partial charge in [0.15, 0.2) is 0 Å². The molecule has 0 saturated heterocycles. The summed E-state index contributed by atoms with van der Waals surface area (Å²) in [7, 11) is 0. The Balaban J connectivity index is 1.88. The molecular formula is C21H30Cl2N3O3PS2. The summed E-state index contributed by atoms with van der Waals surface area (Å²) < 4.78 is 15.4. The fourth-order valence-electron chi connectivity index (χ4n) is 3.47. The van der Waals surface area contributed by atoms with Gasteiger partial charge in [0, 0.05) is 11.4 Å². The molecular weight excluding hydrogens is 508 g/mol. The maximum absolute atomic E-state index is 11.7. The number of rotatable bonds is 12. The molecule has 0 spiro atoms. The minimum Gasteiger partial charge on any atom is -0.386 e. The van der Waals surface area contributed by atoms with Crippen LogP contribution in [-0.4, -0.2) is 42.9 Å². The zero-order valence-corrected chi connectivity index (χ0v) is 22.6. The Morgan fingerprint density at radius 1 is 1.31 bits per heavy atom. The molecule has 1 aromatic carbocycles. The van der Waals surface area contributed by atoms with Crippen molar-refractivity contribution in [3.63, 3.8) is 0 Å². The van der Waals surface area contributed by atoms with Gasteiger partial charge in [-0.2, -0.15) is 5.10 Å². The van der Waals surface area contributed by atoms with E-state index in [0.717, 1.165) is 12.0 Å². The zero-order valence-electron chi connectivity index (χ0n) is 18.5. The van der Waals surface area contributed by atoms with Crippen LogP contribution in [-0.2, 0) is 33.8 Å². The molecule has 1 saturated carbocycles. The van der Waals surface area contributed by atoms with Crippen molar-refractivity contribution in [2.45, 2.75) is 63.5 Å². The van der Waals surface area contributed by atoms with Crippen molar-refractivity contribution in [3.8, 4) is 0 Å². The van der Waals surface area contributed by atoms with Crippen molar-refractivity contribution < 1.29 is 14.2 Å². The van der Waals surface area contributed by atoms with Crippen LogP contribution in [0.3, 0.4) is 0 Å². The third kappa shape index (κ3) is 5.84. The van der Waals surface area contributed by atoms with Crippen LogP contribution < -0.4 is 0 Å². The normalized spacial score (nSPS) is 19.0. The molecule has 0 aliphatic heterocycles. The van der Waals surface area contributed by atoms with E-state index in [9.17, 15) is 5.11 Å². The summed E-state index contributed by atoms with van der Waals surface area (Å²) in [5, 5.41) is 16.7. The van der Waals surface area contributed by atoms with Gasteiger partial charge in [0.1, 0.15) is 11.9 Å². The van der Waals surface area contributed by atoms with Gasteiger partial charge in [0.2, 0.25) is 4.77 Å². The van der Waals surface area contributed by atoms with Gasteiger partial charge in [-0.05, 0) is 67.8 Å². The van der Waals surface area contributed by atoms with Gasteiger partial charge in [-0.15, -0.1) is 11.6 Å². The minimum atomic E-state index is -2.88.